The molecule has 0 saturated carbocycles. The highest BCUT2D eigenvalue weighted by Gasteiger charge is 2.34. The Balaban J connectivity index is 1.98. The SMILES string of the molecule is N#Cc1csc(-c2ccnc(-c3nc(C(F)(F)F)cs3)n2)c1. The van der Waals surface area contributed by atoms with Gasteiger partial charge >= 0.3 is 6.18 Å². The van der Waals surface area contributed by atoms with Crippen LogP contribution < -0.4 is 0 Å². The lowest BCUT2D eigenvalue weighted by molar-refractivity contribution is -0.140. The number of aromatic nitrogens is 3. The maximum atomic E-state index is 12.6. The van der Waals surface area contributed by atoms with E-state index >= 15 is 0 Å². The summed E-state index contributed by atoms with van der Waals surface area (Å²) in [5, 5.41) is 11.5. The molecule has 110 valence electrons. The smallest absolute Gasteiger partial charge is 0.234 e. The molecule has 3 rings (SSSR count). The Labute approximate surface area is 130 Å². The highest BCUT2D eigenvalue weighted by Crippen LogP contribution is 2.33. The maximum absolute atomic E-state index is 12.6. The molecule has 0 spiro atoms. The zero-order valence-corrected chi connectivity index (χ0v) is 12.3. The number of nitrogens with zero attached hydrogens (tertiary/aromatic N) is 4. The van der Waals surface area contributed by atoms with Crippen LogP contribution in [-0.4, -0.2) is 15.0 Å². The van der Waals surface area contributed by atoms with Crippen molar-refractivity contribution in [3.05, 3.63) is 40.3 Å². The molecule has 0 aliphatic heterocycles. The number of rotatable bonds is 2. The highest BCUT2D eigenvalue weighted by atomic mass is 32.1. The van der Waals surface area contributed by atoms with Crippen LogP contribution in [0.1, 0.15) is 11.3 Å². The van der Waals surface area contributed by atoms with E-state index in [1.165, 1.54) is 17.5 Å². The van der Waals surface area contributed by atoms with Crippen LogP contribution in [0.15, 0.2) is 29.1 Å². The third-order valence-electron chi connectivity index (χ3n) is 2.62. The second-order valence-corrected chi connectivity index (χ2v) is 5.88. The Hall–Kier alpha value is -2.31. The molecule has 0 bridgehead atoms. The van der Waals surface area contributed by atoms with Gasteiger partial charge in [0.15, 0.2) is 16.5 Å². The molecule has 0 N–H and O–H groups in total. The summed E-state index contributed by atoms with van der Waals surface area (Å²) in [6, 6.07) is 5.32. The minimum absolute atomic E-state index is 0.103. The molecule has 22 heavy (non-hydrogen) atoms. The summed E-state index contributed by atoms with van der Waals surface area (Å²) in [4.78, 5) is 12.5. The van der Waals surface area contributed by atoms with Crippen LogP contribution >= 0.6 is 22.7 Å². The Morgan fingerprint density at radius 1 is 1.14 bits per heavy atom. The van der Waals surface area contributed by atoms with Crippen LogP contribution in [0, 0.1) is 11.3 Å². The molecule has 0 aliphatic rings. The number of nitriles is 1. The monoisotopic (exact) mass is 338 g/mol. The first-order valence-corrected chi connectivity index (χ1v) is 7.58. The molecule has 0 atom stereocenters. The molecule has 0 aliphatic carbocycles. The molecule has 0 fully saturated rings. The summed E-state index contributed by atoms with van der Waals surface area (Å²) < 4.78 is 37.7. The van der Waals surface area contributed by atoms with Crippen LogP contribution in [0.4, 0.5) is 13.2 Å². The zero-order chi connectivity index (χ0) is 15.7. The summed E-state index contributed by atoms with van der Waals surface area (Å²) in [6.07, 6.45) is -3.03. The van der Waals surface area contributed by atoms with Crippen molar-refractivity contribution in [3.8, 4) is 27.5 Å². The molecule has 0 radical (unpaired) electrons. The molecular weight excluding hydrogens is 333 g/mol. The van der Waals surface area contributed by atoms with Crippen LogP contribution in [0.25, 0.3) is 21.4 Å². The molecule has 0 aromatic carbocycles. The van der Waals surface area contributed by atoms with Crippen molar-refractivity contribution in [1.29, 1.82) is 5.26 Å². The van der Waals surface area contributed by atoms with Crippen LogP contribution in [-0.2, 0) is 6.18 Å². The first kappa shape index (κ1) is 14.6. The third kappa shape index (κ3) is 2.84. The number of thiophene rings is 1. The lowest BCUT2D eigenvalue weighted by atomic mass is 10.3. The van der Waals surface area contributed by atoms with Gasteiger partial charge < -0.3 is 0 Å². The molecule has 0 amide bonds. The molecule has 3 heterocycles. The molecule has 3 aromatic heterocycles. The van der Waals surface area contributed by atoms with Gasteiger partial charge in [-0.3, -0.25) is 0 Å². The van der Waals surface area contributed by atoms with Gasteiger partial charge in [0.1, 0.15) is 6.07 Å². The second-order valence-electron chi connectivity index (χ2n) is 4.11. The molecule has 4 nitrogen and oxygen atoms in total. The van der Waals surface area contributed by atoms with E-state index in [1.54, 1.807) is 17.5 Å². The van der Waals surface area contributed by atoms with Crippen LogP contribution in [0.5, 0.6) is 0 Å². The maximum Gasteiger partial charge on any atom is 0.434 e. The molecule has 0 saturated heterocycles. The molecule has 0 unspecified atom stereocenters. The molecular formula is C13H5F3N4S2. The predicted molar refractivity (Wildman–Crippen MR) is 76.2 cm³/mol. The van der Waals surface area contributed by atoms with E-state index in [9.17, 15) is 13.2 Å². The first-order valence-electron chi connectivity index (χ1n) is 5.82. The summed E-state index contributed by atoms with van der Waals surface area (Å²) in [7, 11) is 0. The number of alkyl halides is 3. The fourth-order valence-electron chi connectivity index (χ4n) is 1.63. The van der Waals surface area contributed by atoms with E-state index < -0.39 is 11.9 Å². The summed E-state index contributed by atoms with van der Waals surface area (Å²) in [5.41, 5.74) is 0.0958. The van der Waals surface area contributed by atoms with Crippen molar-refractivity contribution in [2.45, 2.75) is 6.18 Å². The minimum atomic E-state index is -4.48. The van der Waals surface area contributed by atoms with Crippen molar-refractivity contribution in [3.63, 3.8) is 0 Å². The first-order chi connectivity index (χ1) is 10.5. The lowest BCUT2D eigenvalue weighted by Crippen LogP contribution is -2.05. The number of hydrogen-bond acceptors (Lipinski definition) is 6. The largest absolute Gasteiger partial charge is 0.434 e. The van der Waals surface area contributed by atoms with Crippen molar-refractivity contribution in [1.82, 2.24) is 15.0 Å². The lowest BCUT2D eigenvalue weighted by Gasteiger charge is -2.01. The van der Waals surface area contributed by atoms with Gasteiger partial charge in [-0.1, -0.05) is 0 Å². The van der Waals surface area contributed by atoms with Gasteiger partial charge in [0, 0.05) is 17.0 Å². The average molecular weight is 338 g/mol. The van der Waals surface area contributed by atoms with Gasteiger partial charge in [0.25, 0.3) is 0 Å². The predicted octanol–water partition coefficient (Wildman–Crippen LogP) is 4.22. The average Bonchev–Trinajstić information content (AvgIpc) is 3.16. The van der Waals surface area contributed by atoms with E-state index in [1.807, 2.05) is 6.07 Å². The number of thiazole rings is 1. The van der Waals surface area contributed by atoms with Crippen LogP contribution in [0.3, 0.4) is 0 Å². The molecule has 3 aromatic rings. The van der Waals surface area contributed by atoms with E-state index in [-0.39, 0.29) is 10.8 Å². The Morgan fingerprint density at radius 2 is 1.95 bits per heavy atom. The topological polar surface area (TPSA) is 62.5 Å². The van der Waals surface area contributed by atoms with Gasteiger partial charge in [-0.25, -0.2) is 15.0 Å². The van der Waals surface area contributed by atoms with Crippen LogP contribution in [0.2, 0.25) is 0 Å². The minimum Gasteiger partial charge on any atom is -0.234 e. The zero-order valence-electron chi connectivity index (χ0n) is 10.6. The third-order valence-corrected chi connectivity index (χ3v) is 4.41. The Bertz CT molecular complexity index is 861. The number of hydrogen-bond donors (Lipinski definition) is 0. The standard InChI is InChI=1S/C13H5F3N4S2/c14-13(15,16)10-6-22-12(20-10)11-18-2-1-8(19-11)9-3-7(4-17)5-21-9/h1-3,5-6H. The van der Waals surface area contributed by atoms with E-state index in [0.29, 0.717) is 11.3 Å². The Kier molecular flexibility index (Phi) is 3.64. The summed E-state index contributed by atoms with van der Waals surface area (Å²) >= 11 is 2.17. The number of halogens is 3. The molecule has 9 heteroatoms. The van der Waals surface area contributed by atoms with E-state index in [2.05, 4.69) is 15.0 Å². The fourth-order valence-corrected chi connectivity index (χ4v) is 3.20. The van der Waals surface area contributed by atoms with Crippen molar-refractivity contribution < 1.29 is 13.2 Å². The van der Waals surface area contributed by atoms with Gasteiger partial charge in [-0.15, -0.1) is 22.7 Å². The normalized spacial score (nSPS) is 11.4. The van der Waals surface area contributed by atoms with Gasteiger partial charge in [0.2, 0.25) is 0 Å². The van der Waals surface area contributed by atoms with Gasteiger partial charge in [0.05, 0.1) is 16.1 Å². The van der Waals surface area contributed by atoms with Gasteiger partial charge in [-0.05, 0) is 12.1 Å². The van der Waals surface area contributed by atoms with E-state index in [0.717, 1.165) is 21.6 Å². The van der Waals surface area contributed by atoms with Crippen molar-refractivity contribution in [2.24, 2.45) is 0 Å². The fraction of sp³-hybridized carbons (Fsp3) is 0.0769. The highest BCUT2D eigenvalue weighted by molar-refractivity contribution is 7.13. The van der Waals surface area contributed by atoms with Crippen molar-refractivity contribution >= 4 is 22.7 Å². The van der Waals surface area contributed by atoms with E-state index in [4.69, 9.17) is 5.26 Å². The van der Waals surface area contributed by atoms with Gasteiger partial charge in [-0.2, -0.15) is 18.4 Å². The summed E-state index contributed by atoms with van der Waals surface area (Å²) in [5.74, 6) is 0.130. The quantitative estimate of drug-likeness (QED) is 0.702. The van der Waals surface area contributed by atoms with Crippen molar-refractivity contribution in [2.75, 3.05) is 0 Å². The second kappa shape index (κ2) is 5.47. The summed E-state index contributed by atoms with van der Waals surface area (Å²) in [6.45, 7) is 0. The Morgan fingerprint density at radius 3 is 2.59 bits per heavy atom.